The number of aliphatic hydroxyl groups excluding tert-OH is 1. The first-order valence-corrected chi connectivity index (χ1v) is 7.40. The Bertz CT molecular complexity index is 514. The molecule has 6 heteroatoms. The molecule has 2 unspecified atom stereocenters. The molecule has 2 N–H and O–H groups in total. The molecule has 1 saturated heterocycles. The second kappa shape index (κ2) is 6.91. The molecule has 1 aromatic rings. The Morgan fingerprint density at radius 2 is 2.14 bits per heavy atom. The molecule has 0 spiro atoms. The number of aliphatic hydroxyl groups is 1. The van der Waals surface area contributed by atoms with Gasteiger partial charge in [-0.3, -0.25) is 9.59 Å². The van der Waals surface area contributed by atoms with Gasteiger partial charge in [0.05, 0.1) is 18.6 Å². The van der Waals surface area contributed by atoms with Crippen molar-refractivity contribution in [2.24, 2.45) is 5.92 Å². The SMILES string of the molecule is CCC(CO)NC(=O)C1CC(=O)N(c2ccc(Cl)cc2)C1. The van der Waals surface area contributed by atoms with Gasteiger partial charge in [-0.05, 0) is 30.7 Å². The number of carbonyl (C=O) groups excluding carboxylic acids is 2. The lowest BCUT2D eigenvalue weighted by Crippen LogP contribution is -2.41. The van der Waals surface area contributed by atoms with Gasteiger partial charge in [-0.1, -0.05) is 18.5 Å². The largest absolute Gasteiger partial charge is 0.394 e. The molecular weight excluding hydrogens is 292 g/mol. The summed E-state index contributed by atoms with van der Waals surface area (Å²) in [6.07, 6.45) is 0.847. The van der Waals surface area contributed by atoms with Crippen LogP contribution in [0.2, 0.25) is 5.02 Å². The van der Waals surface area contributed by atoms with E-state index in [1.54, 1.807) is 29.2 Å². The lowest BCUT2D eigenvalue weighted by atomic mass is 10.1. The van der Waals surface area contributed by atoms with Crippen molar-refractivity contribution >= 4 is 29.1 Å². The van der Waals surface area contributed by atoms with Crippen LogP contribution >= 0.6 is 11.6 Å². The van der Waals surface area contributed by atoms with E-state index in [4.69, 9.17) is 16.7 Å². The van der Waals surface area contributed by atoms with E-state index in [1.165, 1.54) is 0 Å². The van der Waals surface area contributed by atoms with E-state index >= 15 is 0 Å². The Kier molecular flexibility index (Phi) is 5.20. The summed E-state index contributed by atoms with van der Waals surface area (Å²) in [7, 11) is 0. The highest BCUT2D eigenvalue weighted by atomic mass is 35.5. The monoisotopic (exact) mass is 310 g/mol. The fraction of sp³-hybridized carbons (Fsp3) is 0.467. The maximum absolute atomic E-state index is 12.1. The van der Waals surface area contributed by atoms with E-state index in [-0.39, 0.29) is 36.8 Å². The van der Waals surface area contributed by atoms with Gasteiger partial charge in [0.2, 0.25) is 11.8 Å². The quantitative estimate of drug-likeness (QED) is 0.867. The Labute approximate surface area is 128 Å². The van der Waals surface area contributed by atoms with E-state index in [1.807, 2.05) is 6.92 Å². The van der Waals surface area contributed by atoms with E-state index in [9.17, 15) is 9.59 Å². The smallest absolute Gasteiger partial charge is 0.227 e. The van der Waals surface area contributed by atoms with Crippen molar-refractivity contribution in [2.45, 2.75) is 25.8 Å². The minimum atomic E-state index is -0.381. The molecule has 1 aromatic carbocycles. The van der Waals surface area contributed by atoms with Gasteiger partial charge in [0.25, 0.3) is 0 Å². The molecule has 21 heavy (non-hydrogen) atoms. The average Bonchev–Trinajstić information content (AvgIpc) is 2.87. The van der Waals surface area contributed by atoms with E-state index in [0.717, 1.165) is 5.69 Å². The number of benzene rings is 1. The molecule has 1 aliphatic heterocycles. The summed E-state index contributed by atoms with van der Waals surface area (Å²) in [4.78, 5) is 25.8. The van der Waals surface area contributed by atoms with Crippen LogP contribution in [0.25, 0.3) is 0 Å². The van der Waals surface area contributed by atoms with Crippen LogP contribution < -0.4 is 10.2 Å². The first-order valence-electron chi connectivity index (χ1n) is 7.02. The van der Waals surface area contributed by atoms with Gasteiger partial charge >= 0.3 is 0 Å². The van der Waals surface area contributed by atoms with Crippen LogP contribution in [0.5, 0.6) is 0 Å². The summed E-state index contributed by atoms with van der Waals surface area (Å²) < 4.78 is 0. The second-order valence-corrected chi connectivity index (χ2v) is 5.61. The summed E-state index contributed by atoms with van der Waals surface area (Å²) in [5, 5.41) is 12.5. The number of rotatable bonds is 5. The summed E-state index contributed by atoms with van der Waals surface area (Å²) in [6.45, 7) is 2.15. The molecule has 1 heterocycles. The van der Waals surface area contributed by atoms with Crippen molar-refractivity contribution in [3.8, 4) is 0 Å². The molecule has 2 rings (SSSR count). The zero-order valence-electron chi connectivity index (χ0n) is 11.9. The lowest BCUT2D eigenvalue weighted by Gasteiger charge is -2.18. The number of halogens is 1. The second-order valence-electron chi connectivity index (χ2n) is 5.18. The third kappa shape index (κ3) is 3.74. The van der Waals surface area contributed by atoms with Crippen LogP contribution in [0, 0.1) is 5.92 Å². The summed E-state index contributed by atoms with van der Waals surface area (Å²) in [6, 6.07) is 6.72. The molecule has 0 saturated carbocycles. The van der Waals surface area contributed by atoms with Gasteiger partial charge in [-0.25, -0.2) is 0 Å². The Morgan fingerprint density at radius 3 is 2.71 bits per heavy atom. The Morgan fingerprint density at radius 1 is 1.48 bits per heavy atom. The fourth-order valence-corrected chi connectivity index (χ4v) is 2.48. The Hall–Kier alpha value is -1.59. The lowest BCUT2D eigenvalue weighted by molar-refractivity contribution is -0.127. The number of anilines is 1. The summed E-state index contributed by atoms with van der Waals surface area (Å²) >= 11 is 5.83. The van der Waals surface area contributed by atoms with E-state index in [2.05, 4.69) is 5.32 Å². The van der Waals surface area contributed by atoms with Gasteiger partial charge in [0.1, 0.15) is 0 Å². The predicted molar refractivity (Wildman–Crippen MR) is 81.2 cm³/mol. The van der Waals surface area contributed by atoms with Crippen molar-refractivity contribution in [2.75, 3.05) is 18.1 Å². The molecule has 5 nitrogen and oxygen atoms in total. The first-order chi connectivity index (χ1) is 10.0. The van der Waals surface area contributed by atoms with Crippen LogP contribution in [0.3, 0.4) is 0 Å². The molecule has 1 fully saturated rings. The molecule has 114 valence electrons. The number of carbonyl (C=O) groups is 2. The third-order valence-electron chi connectivity index (χ3n) is 3.69. The highest BCUT2D eigenvalue weighted by Crippen LogP contribution is 2.26. The van der Waals surface area contributed by atoms with Crippen LogP contribution in [0.4, 0.5) is 5.69 Å². The number of amides is 2. The highest BCUT2D eigenvalue weighted by molar-refractivity contribution is 6.30. The summed E-state index contributed by atoms with van der Waals surface area (Å²) in [5.41, 5.74) is 0.744. The predicted octanol–water partition coefficient (Wildman–Crippen LogP) is 1.58. The molecule has 1 aliphatic rings. The van der Waals surface area contributed by atoms with Gasteiger partial charge in [-0.15, -0.1) is 0 Å². The maximum Gasteiger partial charge on any atom is 0.227 e. The molecule has 2 amide bonds. The average molecular weight is 311 g/mol. The van der Waals surface area contributed by atoms with E-state index < -0.39 is 0 Å². The molecule has 0 radical (unpaired) electrons. The minimum Gasteiger partial charge on any atom is -0.394 e. The summed E-state index contributed by atoms with van der Waals surface area (Å²) in [5.74, 6) is -0.635. The highest BCUT2D eigenvalue weighted by Gasteiger charge is 2.35. The van der Waals surface area contributed by atoms with Crippen molar-refractivity contribution in [3.63, 3.8) is 0 Å². The first kappa shape index (κ1) is 15.8. The number of hydrogen-bond acceptors (Lipinski definition) is 3. The van der Waals surface area contributed by atoms with Crippen molar-refractivity contribution in [1.82, 2.24) is 5.32 Å². The molecule has 0 aliphatic carbocycles. The molecular formula is C15H19ClN2O3. The topological polar surface area (TPSA) is 69.6 Å². The zero-order valence-corrected chi connectivity index (χ0v) is 12.6. The van der Waals surface area contributed by atoms with Gasteiger partial charge in [0, 0.05) is 23.7 Å². The number of hydrogen-bond donors (Lipinski definition) is 2. The van der Waals surface area contributed by atoms with Crippen LogP contribution in [0.1, 0.15) is 19.8 Å². The van der Waals surface area contributed by atoms with Gasteiger partial charge in [0.15, 0.2) is 0 Å². The molecule has 2 atom stereocenters. The normalized spacial score (nSPS) is 19.7. The number of nitrogens with one attached hydrogen (secondary N) is 1. The van der Waals surface area contributed by atoms with Crippen molar-refractivity contribution in [3.05, 3.63) is 29.3 Å². The third-order valence-corrected chi connectivity index (χ3v) is 3.95. The molecule has 0 bridgehead atoms. The maximum atomic E-state index is 12.1. The molecule has 0 aromatic heterocycles. The fourth-order valence-electron chi connectivity index (χ4n) is 2.35. The standard InChI is InChI=1S/C15H19ClN2O3/c1-2-12(9-19)17-15(21)10-7-14(20)18(8-10)13-5-3-11(16)4-6-13/h3-6,10,12,19H,2,7-9H2,1H3,(H,17,21). The zero-order chi connectivity index (χ0) is 15.4. The minimum absolute atomic E-state index is 0.0745. The van der Waals surface area contributed by atoms with Gasteiger partial charge in [-0.2, -0.15) is 0 Å². The van der Waals surface area contributed by atoms with Crippen molar-refractivity contribution < 1.29 is 14.7 Å². The van der Waals surface area contributed by atoms with Crippen molar-refractivity contribution in [1.29, 1.82) is 0 Å². The van der Waals surface area contributed by atoms with Crippen LogP contribution in [0.15, 0.2) is 24.3 Å². The van der Waals surface area contributed by atoms with Crippen LogP contribution in [-0.4, -0.2) is 36.1 Å². The number of nitrogens with zero attached hydrogens (tertiary/aromatic N) is 1. The van der Waals surface area contributed by atoms with Crippen LogP contribution in [-0.2, 0) is 9.59 Å². The Balaban J connectivity index is 2.02. The van der Waals surface area contributed by atoms with E-state index in [0.29, 0.717) is 18.0 Å². The van der Waals surface area contributed by atoms with Gasteiger partial charge < -0.3 is 15.3 Å².